The van der Waals surface area contributed by atoms with Crippen molar-refractivity contribution in [1.82, 2.24) is 15.6 Å². The quantitative estimate of drug-likeness (QED) is 0.651. The highest BCUT2D eigenvalue weighted by Crippen LogP contribution is 2.18. The molecule has 0 fully saturated rings. The number of hydrogen-bond donors (Lipinski definition) is 2. The van der Waals surface area contributed by atoms with Crippen LogP contribution in [0, 0.1) is 6.92 Å². The van der Waals surface area contributed by atoms with Gasteiger partial charge in [-0.25, -0.2) is 9.98 Å². The summed E-state index contributed by atoms with van der Waals surface area (Å²) in [5, 5.41) is 12.1. The number of aliphatic imine (C=N–C) groups is 1. The summed E-state index contributed by atoms with van der Waals surface area (Å²) in [5.74, 6) is 0.830. The highest BCUT2D eigenvalue weighted by molar-refractivity contribution is 7.10. The molecule has 4 nitrogen and oxygen atoms in total. The fourth-order valence-electron chi connectivity index (χ4n) is 1.86. The third kappa shape index (κ3) is 5.13. The number of nitrogens with one attached hydrogen (secondary N) is 2. The Labute approximate surface area is 134 Å². The molecule has 0 saturated heterocycles. The minimum Gasteiger partial charge on any atom is -0.354 e. The molecule has 2 heterocycles. The monoisotopic (exact) mass is 322 g/mol. The lowest BCUT2D eigenvalue weighted by Crippen LogP contribution is -2.42. The van der Waals surface area contributed by atoms with E-state index in [1.54, 1.807) is 22.7 Å². The van der Waals surface area contributed by atoms with Crippen LogP contribution in [0.5, 0.6) is 0 Å². The second kappa shape index (κ2) is 7.56. The van der Waals surface area contributed by atoms with Gasteiger partial charge in [-0.2, -0.15) is 0 Å². The Kier molecular flexibility index (Phi) is 5.76. The summed E-state index contributed by atoms with van der Waals surface area (Å²) in [6, 6.07) is 4.79. The van der Waals surface area contributed by atoms with E-state index in [0.29, 0.717) is 12.6 Å². The highest BCUT2D eigenvalue weighted by Gasteiger charge is 2.10. The van der Waals surface area contributed by atoms with E-state index in [1.165, 1.54) is 4.88 Å². The van der Waals surface area contributed by atoms with Crippen LogP contribution in [0.4, 0.5) is 0 Å². The molecule has 2 aromatic heterocycles. The van der Waals surface area contributed by atoms with E-state index in [0.717, 1.165) is 16.7 Å². The standard InChI is InChI=1S/C15H22N4S2/c1-10(2)17-15(16-8-13-9-21-12(4)19-13)18-11(3)14-6-5-7-20-14/h5-7,9-11H,8H2,1-4H3,(H2,16,17,18)/t11-/m1/s1. The number of thiophene rings is 1. The molecule has 0 radical (unpaired) electrons. The molecule has 0 aromatic carbocycles. The van der Waals surface area contributed by atoms with Gasteiger partial charge in [0.25, 0.3) is 0 Å². The largest absolute Gasteiger partial charge is 0.354 e. The van der Waals surface area contributed by atoms with Crippen LogP contribution in [0.25, 0.3) is 0 Å². The van der Waals surface area contributed by atoms with Gasteiger partial charge in [0.1, 0.15) is 0 Å². The fourth-order valence-corrected chi connectivity index (χ4v) is 3.20. The van der Waals surface area contributed by atoms with Crippen LogP contribution < -0.4 is 10.6 Å². The molecule has 6 heteroatoms. The Morgan fingerprint density at radius 2 is 2.10 bits per heavy atom. The molecule has 0 aliphatic carbocycles. The molecule has 0 spiro atoms. The zero-order chi connectivity index (χ0) is 15.2. The van der Waals surface area contributed by atoms with Gasteiger partial charge in [-0.1, -0.05) is 6.07 Å². The van der Waals surface area contributed by atoms with E-state index in [-0.39, 0.29) is 6.04 Å². The van der Waals surface area contributed by atoms with Crippen LogP contribution in [0.1, 0.15) is 42.4 Å². The average Bonchev–Trinajstić information content (AvgIpc) is 3.06. The first-order chi connectivity index (χ1) is 10.0. The summed E-state index contributed by atoms with van der Waals surface area (Å²) in [4.78, 5) is 10.4. The van der Waals surface area contributed by atoms with Crippen LogP contribution in [-0.2, 0) is 6.54 Å². The van der Waals surface area contributed by atoms with Gasteiger partial charge in [0.2, 0.25) is 0 Å². The number of rotatable bonds is 5. The van der Waals surface area contributed by atoms with Crippen LogP contribution in [0.2, 0.25) is 0 Å². The molecule has 0 aliphatic heterocycles. The third-order valence-corrected chi connectivity index (χ3v) is 4.69. The molecule has 0 amide bonds. The fraction of sp³-hybridized carbons (Fsp3) is 0.467. The lowest BCUT2D eigenvalue weighted by molar-refractivity contribution is 0.652. The Hall–Kier alpha value is -1.40. The molecule has 2 N–H and O–H groups in total. The maximum Gasteiger partial charge on any atom is 0.192 e. The number of guanidine groups is 1. The SMILES string of the molecule is Cc1nc(CN=C(NC(C)C)N[C@H](C)c2cccs2)cs1. The van der Waals surface area contributed by atoms with E-state index in [4.69, 9.17) is 0 Å². The van der Waals surface area contributed by atoms with E-state index in [9.17, 15) is 0 Å². The zero-order valence-corrected chi connectivity index (χ0v) is 14.5. The highest BCUT2D eigenvalue weighted by atomic mass is 32.1. The normalized spacial score (nSPS) is 13.5. The number of aromatic nitrogens is 1. The molecule has 0 unspecified atom stereocenters. The first-order valence-corrected chi connectivity index (χ1v) is 8.82. The first kappa shape index (κ1) is 16.0. The summed E-state index contributed by atoms with van der Waals surface area (Å²) < 4.78 is 0. The topological polar surface area (TPSA) is 49.3 Å². The van der Waals surface area contributed by atoms with Gasteiger partial charge >= 0.3 is 0 Å². The van der Waals surface area contributed by atoms with Gasteiger partial charge in [0.05, 0.1) is 23.3 Å². The number of hydrogen-bond acceptors (Lipinski definition) is 4. The average molecular weight is 323 g/mol. The van der Waals surface area contributed by atoms with E-state index < -0.39 is 0 Å². The van der Waals surface area contributed by atoms with Gasteiger partial charge in [0, 0.05) is 16.3 Å². The molecule has 1 atom stereocenters. The molecular weight excluding hydrogens is 300 g/mol. The van der Waals surface area contributed by atoms with Crippen molar-refractivity contribution in [2.24, 2.45) is 4.99 Å². The maximum absolute atomic E-state index is 4.64. The number of aryl methyl sites for hydroxylation is 1. The van der Waals surface area contributed by atoms with Crippen LogP contribution in [-0.4, -0.2) is 17.0 Å². The Morgan fingerprint density at radius 1 is 1.29 bits per heavy atom. The Bertz CT molecular complexity index is 572. The van der Waals surface area contributed by atoms with E-state index >= 15 is 0 Å². The predicted octanol–water partition coefficient (Wildman–Crippen LogP) is 3.72. The Morgan fingerprint density at radius 3 is 2.67 bits per heavy atom. The van der Waals surface area contributed by atoms with Gasteiger partial charge in [-0.3, -0.25) is 0 Å². The molecule has 0 aliphatic rings. The van der Waals surface area contributed by atoms with Gasteiger partial charge in [-0.05, 0) is 39.1 Å². The van der Waals surface area contributed by atoms with Crippen LogP contribution in [0.3, 0.4) is 0 Å². The van der Waals surface area contributed by atoms with Gasteiger partial charge in [-0.15, -0.1) is 22.7 Å². The predicted molar refractivity (Wildman–Crippen MR) is 92.1 cm³/mol. The van der Waals surface area contributed by atoms with Crippen molar-refractivity contribution in [2.45, 2.75) is 46.3 Å². The van der Waals surface area contributed by atoms with E-state index in [2.05, 4.69) is 64.3 Å². The smallest absolute Gasteiger partial charge is 0.192 e. The van der Waals surface area contributed by atoms with Crippen molar-refractivity contribution in [3.63, 3.8) is 0 Å². The molecule has 2 rings (SSSR count). The van der Waals surface area contributed by atoms with Crippen LogP contribution >= 0.6 is 22.7 Å². The molecule has 0 bridgehead atoms. The summed E-state index contributed by atoms with van der Waals surface area (Å²) in [5.41, 5.74) is 1.02. The van der Waals surface area contributed by atoms with Crippen molar-refractivity contribution >= 4 is 28.6 Å². The second-order valence-corrected chi connectivity index (χ2v) is 7.24. The molecule has 2 aromatic rings. The lowest BCUT2D eigenvalue weighted by atomic mass is 10.3. The summed E-state index contributed by atoms with van der Waals surface area (Å²) >= 11 is 3.42. The molecule has 114 valence electrons. The molecule has 21 heavy (non-hydrogen) atoms. The summed E-state index contributed by atoms with van der Waals surface area (Å²) in [7, 11) is 0. The van der Waals surface area contributed by atoms with Crippen molar-refractivity contribution in [3.8, 4) is 0 Å². The number of thiazole rings is 1. The Balaban J connectivity index is 2.03. The molecule has 0 saturated carbocycles. The lowest BCUT2D eigenvalue weighted by Gasteiger charge is -2.19. The van der Waals surface area contributed by atoms with Crippen molar-refractivity contribution in [1.29, 1.82) is 0 Å². The van der Waals surface area contributed by atoms with E-state index in [1.807, 2.05) is 6.92 Å². The van der Waals surface area contributed by atoms with Crippen molar-refractivity contribution < 1.29 is 0 Å². The van der Waals surface area contributed by atoms with Gasteiger partial charge < -0.3 is 10.6 Å². The van der Waals surface area contributed by atoms with Gasteiger partial charge in [0.15, 0.2) is 5.96 Å². The summed E-state index contributed by atoms with van der Waals surface area (Å²) in [6.45, 7) is 8.99. The van der Waals surface area contributed by atoms with Crippen molar-refractivity contribution in [3.05, 3.63) is 38.5 Å². The minimum atomic E-state index is 0.243. The maximum atomic E-state index is 4.64. The minimum absolute atomic E-state index is 0.243. The second-order valence-electron chi connectivity index (χ2n) is 5.20. The first-order valence-electron chi connectivity index (χ1n) is 7.06. The third-order valence-electron chi connectivity index (χ3n) is 2.81. The number of nitrogens with zero attached hydrogens (tertiary/aromatic N) is 2. The zero-order valence-electron chi connectivity index (χ0n) is 12.9. The summed E-state index contributed by atoms with van der Waals surface area (Å²) in [6.07, 6.45) is 0. The van der Waals surface area contributed by atoms with Crippen molar-refractivity contribution in [2.75, 3.05) is 0 Å². The molecular formula is C15H22N4S2. The van der Waals surface area contributed by atoms with Crippen LogP contribution in [0.15, 0.2) is 27.9 Å².